The Labute approximate surface area is 147 Å². The van der Waals surface area contributed by atoms with Crippen molar-refractivity contribution in [3.63, 3.8) is 0 Å². The highest BCUT2D eigenvalue weighted by Gasteiger charge is 2.07. The molecule has 0 aliphatic carbocycles. The van der Waals surface area contributed by atoms with E-state index in [1.165, 1.54) is 0 Å². The van der Waals surface area contributed by atoms with Gasteiger partial charge in [-0.15, -0.1) is 0 Å². The zero-order chi connectivity index (χ0) is 17.3. The molecular weight excluding hydrogens is 306 g/mol. The maximum absolute atomic E-state index is 12.7. The van der Waals surface area contributed by atoms with Crippen molar-refractivity contribution in [2.24, 2.45) is 0 Å². The Morgan fingerprint density at radius 1 is 0.760 bits per heavy atom. The summed E-state index contributed by atoms with van der Waals surface area (Å²) in [6.07, 6.45) is 1.80. The first kappa shape index (κ1) is 16.3. The van der Waals surface area contributed by atoms with E-state index in [0.29, 0.717) is 5.57 Å². The molecule has 0 atom stereocenters. The van der Waals surface area contributed by atoms with Gasteiger partial charge in [0.15, 0.2) is 0 Å². The standard InChI is InChI=1S/C23H17NO/c25-23(24-22-14-8-3-9-15-22)21(18-20-12-6-2-7-13-20)17-16-19-10-4-1-5-11-19/h1-15,18H,(H,24,25)/b21-18+. The lowest BCUT2D eigenvalue weighted by Crippen LogP contribution is -2.13. The molecule has 0 bridgehead atoms. The normalized spacial score (nSPS) is 10.5. The van der Waals surface area contributed by atoms with Crippen LogP contribution < -0.4 is 5.32 Å². The van der Waals surface area contributed by atoms with E-state index in [0.717, 1.165) is 16.8 Å². The van der Waals surface area contributed by atoms with Crippen LogP contribution in [0.1, 0.15) is 11.1 Å². The fourth-order valence-electron chi connectivity index (χ4n) is 2.26. The third kappa shape index (κ3) is 4.95. The second-order valence-electron chi connectivity index (χ2n) is 5.40. The molecule has 3 aromatic carbocycles. The van der Waals surface area contributed by atoms with Crippen molar-refractivity contribution in [3.8, 4) is 11.8 Å². The molecule has 0 unspecified atom stereocenters. The molecule has 0 fully saturated rings. The van der Waals surface area contributed by atoms with E-state index in [1.807, 2.05) is 91.0 Å². The molecule has 2 nitrogen and oxygen atoms in total. The number of hydrogen-bond acceptors (Lipinski definition) is 1. The van der Waals surface area contributed by atoms with Crippen LogP contribution in [0.2, 0.25) is 0 Å². The van der Waals surface area contributed by atoms with E-state index in [9.17, 15) is 4.79 Å². The Morgan fingerprint density at radius 3 is 1.96 bits per heavy atom. The molecule has 0 aliphatic heterocycles. The summed E-state index contributed by atoms with van der Waals surface area (Å²) in [7, 11) is 0. The lowest BCUT2D eigenvalue weighted by Gasteiger charge is -2.05. The van der Waals surface area contributed by atoms with E-state index in [4.69, 9.17) is 0 Å². The van der Waals surface area contributed by atoms with Crippen LogP contribution in [0.5, 0.6) is 0 Å². The zero-order valence-electron chi connectivity index (χ0n) is 13.6. The van der Waals surface area contributed by atoms with E-state index in [-0.39, 0.29) is 5.91 Å². The van der Waals surface area contributed by atoms with Crippen LogP contribution in [-0.4, -0.2) is 5.91 Å². The van der Waals surface area contributed by atoms with Crippen molar-refractivity contribution in [2.75, 3.05) is 5.32 Å². The lowest BCUT2D eigenvalue weighted by molar-refractivity contribution is -0.112. The van der Waals surface area contributed by atoms with Gasteiger partial charge in [0.1, 0.15) is 0 Å². The van der Waals surface area contributed by atoms with E-state index in [2.05, 4.69) is 17.2 Å². The van der Waals surface area contributed by atoms with Crippen LogP contribution in [0.3, 0.4) is 0 Å². The molecule has 0 spiro atoms. The third-order valence-electron chi connectivity index (χ3n) is 3.50. The minimum atomic E-state index is -0.224. The highest BCUT2D eigenvalue weighted by atomic mass is 16.1. The number of amides is 1. The van der Waals surface area contributed by atoms with Crippen molar-refractivity contribution in [3.05, 3.63) is 108 Å². The van der Waals surface area contributed by atoms with Gasteiger partial charge in [-0.1, -0.05) is 78.6 Å². The van der Waals surface area contributed by atoms with Crippen molar-refractivity contribution in [2.45, 2.75) is 0 Å². The molecule has 1 N–H and O–H groups in total. The van der Waals surface area contributed by atoms with Gasteiger partial charge in [-0.25, -0.2) is 0 Å². The summed E-state index contributed by atoms with van der Waals surface area (Å²) in [5.41, 5.74) is 2.96. The molecule has 120 valence electrons. The lowest BCUT2D eigenvalue weighted by atomic mass is 10.1. The average molecular weight is 323 g/mol. The molecule has 1 amide bonds. The van der Waals surface area contributed by atoms with Crippen LogP contribution in [0.15, 0.2) is 96.6 Å². The number of carbonyl (C=O) groups excluding carboxylic acids is 1. The van der Waals surface area contributed by atoms with Crippen LogP contribution in [0.4, 0.5) is 5.69 Å². The average Bonchev–Trinajstić information content (AvgIpc) is 2.67. The first-order valence-electron chi connectivity index (χ1n) is 8.01. The number of nitrogens with one attached hydrogen (secondary N) is 1. The van der Waals surface area contributed by atoms with Gasteiger partial charge in [-0.05, 0) is 35.9 Å². The second kappa shape index (κ2) is 8.33. The molecule has 0 aromatic heterocycles. The van der Waals surface area contributed by atoms with Gasteiger partial charge in [0.25, 0.3) is 5.91 Å². The summed E-state index contributed by atoms with van der Waals surface area (Å²) < 4.78 is 0. The molecule has 2 heteroatoms. The van der Waals surface area contributed by atoms with Gasteiger partial charge in [0.2, 0.25) is 0 Å². The van der Waals surface area contributed by atoms with Crippen molar-refractivity contribution >= 4 is 17.7 Å². The van der Waals surface area contributed by atoms with E-state index >= 15 is 0 Å². The topological polar surface area (TPSA) is 29.1 Å². The van der Waals surface area contributed by atoms with E-state index < -0.39 is 0 Å². The molecule has 0 aliphatic rings. The summed E-state index contributed by atoms with van der Waals surface area (Å²) in [5.74, 6) is 5.83. The summed E-state index contributed by atoms with van der Waals surface area (Å²) >= 11 is 0. The second-order valence-corrected chi connectivity index (χ2v) is 5.40. The molecule has 0 heterocycles. The van der Waals surface area contributed by atoms with Crippen molar-refractivity contribution in [1.82, 2.24) is 0 Å². The maximum Gasteiger partial charge on any atom is 0.264 e. The predicted molar refractivity (Wildman–Crippen MR) is 103 cm³/mol. The number of anilines is 1. The summed E-state index contributed by atoms with van der Waals surface area (Å²) in [4.78, 5) is 12.7. The Bertz CT molecular complexity index is 917. The fraction of sp³-hybridized carbons (Fsp3) is 0. The summed E-state index contributed by atoms with van der Waals surface area (Å²) in [6.45, 7) is 0. The molecule has 25 heavy (non-hydrogen) atoms. The van der Waals surface area contributed by atoms with Gasteiger partial charge >= 0.3 is 0 Å². The minimum Gasteiger partial charge on any atom is -0.321 e. The van der Waals surface area contributed by atoms with E-state index in [1.54, 1.807) is 6.08 Å². The fourth-order valence-corrected chi connectivity index (χ4v) is 2.26. The van der Waals surface area contributed by atoms with Gasteiger partial charge in [-0.2, -0.15) is 0 Å². The minimum absolute atomic E-state index is 0.224. The molecule has 0 saturated carbocycles. The molecular formula is C23H17NO. The first-order valence-corrected chi connectivity index (χ1v) is 8.01. The molecule has 0 saturated heterocycles. The Balaban J connectivity index is 1.90. The number of benzene rings is 3. The largest absolute Gasteiger partial charge is 0.321 e. The number of rotatable bonds is 3. The van der Waals surface area contributed by atoms with Gasteiger partial charge in [0, 0.05) is 11.3 Å². The molecule has 3 aromatic rings. The summed E-state index contributed by atoms with van der Waals surface area (Å²) in [6, 6.07) is 28.7. The number of hydrogen-bond donors (Lipinski definition) is 1. The van der Waals surface area contributed by atoms with Crippen LogP contribution in [-0.2, 0) is 4.79 Å². The SMILES string of the molecule is O=C(Nc1ccccc1)/C(C#Cc1ccccc1)=C/c1ccccc1. The van der Waals surface area contributed by atoms with Gasteiger partial charge in [-0.3, -0.25) is 4.79 Å². The monoisotopic (exact) mass is 323 g/mol. The van der Waals surface area contributed by atoms with Crippen LogP contribution >= 0.6 is 0 Å². The molecule has 0 radical (unpaired) electrons. The van der Waals surface area contributed by atoms with Gasteiger partial charge in [0.05, 0.1) is 5.57 Å². The van der Waals surface area contributed by atoms with Crippen molar-refractivity contribution < 1.29 is 4.79 Å². The van der Waals surface area contributed by atoms with Gasteiger partial charge < -0.3 is 5.32 Å². The van der Waals surface area contributed by atoms with Crippen LogP contribution in [0, 0.1) is 11.8 Å². The Hall–Kier alpha value is -3.57. The van der Waals surface area contributed by atoms with Crippen molar-refractivity contribution in [1.29, 1.82) is 0 Å². The molecule has 3 rings (SSSR count). The number of carbonyl (C=O) groups is 1. The Morgan fingerprint density at radius 2 is 1.32 bits per heavy atom. The summed E-state index contributed by atoms with van der Waals surface area (Å²) in [5, 5.41) is 2.89. The third-order valence-corrected chi connectivity index (χ3v) is 3.50. The quantitative estimate of drug-likeness (QED) is 0.546. The first-order chi connectivity index (χ1) is 12.3. The van der Waals surface area contributed by atoms with Crippen LogP contribution in [0.25, 0.3) is 6.08 Å². The number of para-hydroxylation sites is 1. The zero-order valence-corrected chi connectivity index (χ0v) is 13.6. The Kier molecular flexibility index (Phi) is 5.43. The smallest absolute Gasteiger partial charge is 0.264 e. The highest BCUT2D eigenvalue weighted by molar-refractivity contribution is 6.10. The maximum atomic E-state index is 12.7. The highest BCUT2D eigenvalue weighted by Crippen LogP contribution is 2.11. The predicted octanol–water partition coefficient (Wildman–Crippen LogP) is 4.76.